The van der Waals surface area contributed by atoms with Crippen molar-refractivity contribution >= 4 is 23.9 Å². The molecule has 0 heterocycles. The molecule has 0 aromatic heterocycles. The normalized spacial score (nSPS) is 14.6. The van der Waals surface area contributed by atoms with Gasteiger partial charge in [0, 0.05) is 34.5 Å². The van der Waals surface area contributed by atoms with Crippen molar-refractivity contribution in [3.63, 3.8) is 0 Å². The standard InChI is InChI=1S/C58H75FO10/c1-11-13-14-17-42-20-22-44(23-21-42)45-24-26-49(52(59)33-45)51-32-46(19-16-29-65-54(61)38(3)4)50(31-43(51)12-2)47-25-27-53(48(30-47)18-15-28-60)66-34-58(35-67-55(62)39(5)6,36-68-56(63)40(7)8)37-69-57(64)41(9)10/h24-27,30-33,42,44,60H,3,5,7,9,11-23,28-29,34-37H2,1-2,4,6,8,10H3. The van der Waals surface area contributed by atoms with Gasteiger partial charge in [-0.2, -0.15) is 0 Å². The van der Waals surface area contributed by atoms with E-state index in [2.05, 4.69) is 58.4 Å². The highest BCUT2D eigenvalue weighted by atomic mass is 19.1. The first-order valence-electron chi connectivity index (χ1n) is 24.5. The molecule has 69 heavy (non-hydrogen) atoms. The Labute approximate surface area is 410 Å². The van der Waals surface area contributed by atoms with Crippen LogP contribution in [0.1, 0.15) is 134 Å². The van der Waals surface area contributed by atoms with Gasteiger partial charge < -0.3 is 28.8 Å². The number of carbonyl (C=O) groups is 4. The molecular formula is C58H75FO10. The second-order valence-electron chi connectivity index (χ2n) is 19.0. The molecule has 1 aliphatic rings. The first-order chi connectivity index (χ1) is 32.9. The van der Waals surface area contributed by atoms with Gasteiger partial charge in [-0.25, -0.2) is 23.6 Å². The van der Waals surface area contributed by atoms with Gasteiger partial charge >= 0.3 is 23.9 Å². The smallest absolute Gasteiger partial charge is 0.333 e. The Morgan fingerprint density at radius 2 is 1.19 bits per heavy atom. The zero-order chi connectivity index (χ0) is 50.7. The van der Waals surface area contributed by atoms with Crippen molar-refractivity contribution < 1.29 is 52.4 Å². The number of aliphatic hydroxyl groups excluding tert-OH is 1. The lowest BCUT2D eigenvalue weighted by Crippen LogP contribution is -2.44. The Morgan fingerprint density at radius 1 is 0.623 bits per heavy atom. The van der Waals surface area contributed by atoms with Crippen molar-refractivity contribution in [1.29, 1.82) is 0 Å². The second kappa shape index (κ2) is 27.4. The number of hydrogen-bond donors (Lipinski definition) is 1. The first-order valence-corrected chi connectivity index (χ1v) is 24.5. The van der Waals surface area contributed by atoms with Gasteiger partial charge in [0.2, 0.25) is 0 Å². The SMILES string of the molecule is C=C(C)C(=O)OCCCc1cc(-c2ccc(C3CCC(CCCCC)CC3)cc2F)c(CC)cc1-c1ccc(OCC(COC(=O)C(=C)C)(COC(=O)C(=C)C)COC(=O)C(=C)C)c(CCCO)c1. The Kier molecular flexibility index (Phi) is 22.1. The van der Waals surface area contributed by atoms with Gasteiger partial charge in [-0.05, 0) is 154 Å². The number of hydrogen-bond acceptors (Lipinski definition) is 10. The summed E-state index contributed by atoms with van der Waals surface area (Å²) in [7, 11) is 0. The molecule has 0 atom stereocenters. The number of aliphatic hydroxyl groups is 1. The molecule has 1 aliphatic carbocycles. The van der Waals surface area contributed by atoms with Crippen LogP contribution in [0.3, 0.4) is 0 Å². The number of rotatable bonds is 28. The number of esters is 4. The topological polar surface area (TPSA) is 135 Å². The van der Waals surface area contributed by atoms with E-state index in [4.69, 9.17) is 23.7 Å². The summed E-state index contributed by atoms with van der Waals surface area (Å²) in [5, 5.41) is 9.99. The third kappa shape index (κ3) is 16.7. The largest absolute Gasteiger partial charge is 0.492 e. The van der Waals surface area contributed by atoms with Crippen molar-refractivity contribution in [3.8, 4) is 28.0 Å². The van der Waals surface area contributed by atoms with Crippen LogP contribution in [-0.4, -0.2) is 68.6 Å². The fourth-order valence-electron chi connectivity index (χ4n) is 8.59. The summed E-state index contributed by atoms with van der Waals surface area (Å²) in [4.78, 5) is 50.3. The van der Waals surface area contributed by atoms with E-state index in [0.29, 0.717) is 54.9 Å². The van der Waals surface area contributed by atoms with Crippen LogP contribution in [0.5, 0.6) is 5.75 Å². The number of unbranched alkanes of at least 4 members (excludes halogenated alkanes) is 2. The van der Waals surface area contributed by atoms with Gasteiger partial charge in [0.1, 0.15) is 43.4 Å². The van der Waals surface area contributed by atoms with Crippen LogP contribution in [0.15, 0.2) is 97.1 Å². The molecule has 0 bridgehead atoms. The summed E-state index contributed by atoms with van der Waals surface area (Å²) in [6, 6.07) is 15.6. The number of benzene rings is 3. The van der Waals surface area contributed by atoms with E-state index in [9.17, 15) is 24.3 Å². The highest BCUT2D eigenvalue weighted by molar-refractivity contribution is 5.88. The third-order valence-corrected chi connectivity index (χ3v) is 12.8. The van der Waals surface area contributed by atoms with E-state index in [1.54, 1.807) is 13.0 Å². The van der Waals surface area contributed by atoms with Crippen LogP contribution in [-0.2, 0) is 57.4 Å². The summed E-state index contributed by atoms with van der Waals surface area (Å²) in [5.41, 5.74) is 6.13. The van der Waals surface area contributed by atoms with Crippen LogP contribution in [0, 0.1) is 17.2 Å². The molecule has 11 heteroatoms. The van der Waals surface area contributed by atoms with Gasteiger partial charge in [-0.15, -0.1) is 0 Å². The van der Waals surface area contributed by atoms with E-state index < -0.39 is 29.3 Å². The van der Waals surface area contributed by atoms with E-state index >= 15 is 4.39 Å². The molecule has 0 aliphatic heterocycles. The molecule has 0 saturated heterocycles. The van der Waals surface area contributed by atoms with Gasteiger partial charge in [-0.3, -0.25) is 0 Å². The molecule has 4 rings (SSSR count). The number of carbonyl (C=O) groups excluding carboxylic acids is 4. The molecule has 0 radical (unpaired) electrons. The molecule has 10 nitrogen and oxygen atoms in total. The molecule has 1 saturated carbocycles. The lowest BCUT2D eigenvalue weighted by Gasteiger charge is -2.32. The highest BCUT2D eigenvalue weighted by Gasteiger charge is 2.38. The minimum atomic E-state index is -1.39. The Balaban J connectivity index is 1.75. The molecule has 0 spiro atoms. The number of halogens is 1. The predicted molar refractivity (Wildman–Crippen MR) is 270 cm³/mol. The molecule has 1 N–H and O–H groups in total. The number of ether oxygens (including phenoxy) is 5. The minimum absolute atomic E-state index is 0.0916. The number of aryl methyl sites for hydroxylation is 3. The predicted octanol–water partition coefficient (Wildman–Crippen LogP) is 12.3. The van der Waals surface area contributed by atoms with Crippen LogP contribution in [0.4, 0.5) is 4.39 Å². The van der Waals surface area contributed by atoms with E-state index in [1.165, 1.54) is 59.3 Å². The van der Waals surface area contributed by atoms with Gasteiger partial charge in [0.05, 0.1) is 6.61 Å². The van der Waals surface area contributed by atoms with Gasteiger partial charge in [0.15, 0.2) is 0 Å². The highest BCUT2D eigenvalue weighted by Crippen LogP contribution is 2.41. The van der Waals surface area contributed by atoms with Crippen LogP contribution >= 0.6 is 0 Å². The summed E-state index contributed by atoms with van der Waals surface area (Å²) in [6.45, 7) is 23.8. The van der Waals surface area contributed by atoms with Gasteiger partial charge in [0.25, 0.3) is 0 Å². The van der Waals surface area contributed by atoms with Crippen molar-refractivity contribution in [2.24, 2.45) is 11.3 Å². The van der Waals surface area contributed by atoms with Crippen molar-refractivity contribution in [2.45, 2.75) is 131 Å². The summed E-state index contributed by atoms with van der Waals surface area (Å²) < 4.78 is 45.2. The molecule has 0 unspecified atom stereocenters. The second-order valence-corrected chi connectivity index (χ2v) is 19.0. The van der Waals surface area contributed by atoms with Crippen molar-refractivity contribution in [1.82, 2.24) is 0 Å². The zero-order valence-electron chi connectivity index (χ0n) is 42.0. The molecular weight excluding hydrogens is 876 g/mol. The quantitative estimate of drug-likeness (QED) is 0.0324. The van der Waals surface area contributed by atoms with Crippen LogP contribution in [0.2, 0.25) is 0 Å². The third-order valence-electron chi connectivity index (χ3n) is 12.8. The lowest BCUT2D eigenvalue weighted by molar-refractivity contribution is -0.159. The summed E-state index contributed by atoms with van der Waals surface area (Å²) >= 11 is 0. The maximum Gasteiger partial charge on any atom is 0.333 e. The fraction of sp³-hybridized carbons (Fsp3) is 0.483. The zero-order valence-corrected chi connectivity index (χ0v) is 42.0. The van der Waals surface area contributed by atoms with Crippen LogP contribution in [0.25, 0.3) is 22.3 Å². The first kappa shape index (κ1) is 55.8. The molecule has 3 aromatic carbocycles. The Bertz CT molecular complexity index is 2240. The maximum atomic E-state index is 16.5. The molecule has 1 fully saturated rings. The Hall–Kier alpha value is -5.81. The monoisotopic (exact) mass is 951 g/mol. The van der Waals surface area contributed by atoms with Crippen LogP contribution < -0.4 is 4.74 Å². The molecule has 3 aromatic rings. The van der Waals surface area contributed by atoms with Crippen molar-refractivity contribution in [3.05, 3.63) is 125 Å². The maximum absolute atomic E-state index is 16.5. The Morgan fingerprint density at radius 3 is 1.72 bits per heavy atom. The molecule has 0 amide bonds. The van der Waals surface area contributed by atoms with E-state index in [-0.39, 0.29) is 62.2 Å². The lowest BCUT2D eigenvalue weighted by atomic mass is 9.76. The fourth-order valence-corrected chi connectivity index (χ4v) is 8.59. The average molecular weight is 951 g/mol. The van der Waals surface area contributed by atoms with Crippen molar-refractivity contribution in [2.75, 3.05) is 39.6 Å². The van der Waals surface area contributed by atoms with E-state index in [1.807, 2.05) is 24.3 Å². The van der Waals surface area contributed by atoms with Gasteiger partial charge in [-0.1, -0.05) is 96.2 Å². The summed E-state index contributed by atoms with van der Waals surface area (Å²) in [6.07, 6.45) is 12.1. The average Bonchev–Trinajstić information content (AvgIpc) is 3.33. The minimum Gasteiger partial charge on any atom is -0.492 e. The van der Waals surface area contributed by atoms with E-state index in [0.717, 1.165) is 57.7 Å². The molecule has 374 valence electrons. The summed E-state index contributed by atoms with van der Waals surface area (Å²) in [5.74, 6) is -1.25.